The number of thiophene rings is 1. The van der Waals surface area contributed by atoms with Gasteiger partial charge in [-0.15, -0.1) is 11.3 Å². The zero-order chi connectivity index (χ0) is 30.5. The van der Waals surface area contributed by atoms with Crippen molar-refractivity contribution >= 4 is 23.3 Å². The van der Waals surface area contributed by atoms with Gasteiger partial charge in [0.1, 0.15) is 12.0 Å². The predicted molar refractivity (Wildman–Crippen MR) is 162 cm³/mol. The number of hydrogen-bond donors (Lipinski definition) is 0. The van der Waals surface area contributed by atoms with E-state index < -0.39 is 23.7 Å². The Morgan fingerprint density at radius 1 is 1.09 bits per heavy atom. The molecule has 1 fully saturated rings. The van der Waals surface area contributed by atoms with Crippen molar-refractivity contribution < 1.29 is 28.2 Å². The lowest BCUT2D eigenvalue weighted by Crippen LogP contribution is -2.66. The first-order valence-corrected chi connectivity index (χ1v) is 15.2. The zero-order valence-electron chi connectivity index (χ0n) is 24.1. The molecule has 0 saturated carbocycles. The number of carbonyl (C=O) groups excluding carboxylic acids is 2. The van der Waals surface area contributed by atoms with Crippen LogP contribution in [0.25, 0.3) is 21.6 Å². The Labute approximate surface area is 256 Å². The normalized spacial score (nSPS) is 18.3. The van der Waals surface area contributed by atoms with Gasteiger partial charge in [-0.3, -0.25) is 24.2 Å². The van der Waals surface area contributed by atoms with E-state index in [0.29, 0.717) is 13.2 Å². The quantitative estimate of drug-likeness (QED) is 0.301. The van der Waals surface area contributed by atoms with Gasteiger partial charge in [-0.1, -0.05) is 30.3 Å². The number of nitrogens with zero attached hydrogens (tertiary/aromatic N) is 4. The number of rotatable bonds is 5. The molecule has 0 bridgehead atoms. The van der Waals surface area contributed by atoms with Crippen molar-refractivity contribution in [3.05, 3.63) is 99.0 Å². The van der Waals surface area contributed by atoms with Crippen LogP contribution in [0.4, 0.5) is 9.18 Å². The molecule has 1 saturated heterocycles. The van der Waals surface area contributed by atoms with Crippen molar-refractivity contribution in [2.24, 2.45) is 0 Å². The molecule has 2 aromatic heterocycles. The third-order valence-electron chi connectivity index (χ3n) is 8.17. The number of carbonyl (C=O) groups is 2. The highest BCUT2D eigenvalue weighted by Gasteiger charge is 2.46. The summed E-state index contributed by atoms with van der Waals surface area (Å²) < 4.78 is 33.4. The average molecular weight is 617 g/mol. The lowest BCUT2D eigenvalue weighted by molar-refractivity contribution is -0.0199. The Morgan fingerprint density at radius 3 is 2.75 bits per heavy atom. The van der Waals surface area contributed by atoms with Gasteiger partial charge in [0.25, 0.3) is 5.91 Å². The molecule has 44 heavy (non-hydrogen) atoms. The molecule has 10 nitrogen and oxygen atoms in total. The Hall–Kier alpha value is -4.68. The predicted octanol–water partition coefficient (Wildman–Crippen LogP) is 4.66. The van der Waals surface area contributed by atoms with E-state index in [0.717, 1.165) is 32.7 Å². The number of halogens is 1. The molecule has 1 aliphatic carbocycles. The molecule has 2 atom stereocenters. The fourth-order valence-corrected chi connectivity index (χ4v) is 7.19. The van der Waals surface area contributed by atoms with Gasteiger partial charge in [0.2, 0.25) is 5.43 Å². The number of fused-ring (bicyclic) bond motifs is 7. The van der Waals surface area contributed by atoms with Crippen molar-refractivity contribution in [3.63, 3.8) is 0 Å². The van der Waals surface area contributed by atoms with Gasteiger partial charge in [0.15, 0.2) is 18.2 Å². The van der Waals surface area contributed by atoms with Crippen LogP contribution in [-0.2, 0) is 9.47 Å². The number of aromatic nitrogens is 1. The van der Waals surface area contributed by atoms with E-state index in [1.165, 1.54) is 24.1 Å². The Bertz CT molecular complexity index is 1840. The highest BCUT2D eigenvalue weighted by molar-refractivity contribution is 7.14. The summed E-state index contributed by atoms with van der Waals surface area (Å²) in [6.07, 6.45) is 0.397. The number of pyridine rings is 1. The molecule has 3 aliphatic rings. The van der Waals surface area contributed by atoms with E-state index in [2.05, 4.69) is 6.07 Å². The summed E-state index contributed by atoms with van der Waals surface area (Å²) >= 11 is 1.59. The molecule has 4 aromatic rings. The zero-order valence-corrected chi connectivity index (χ0v) is 24.9. The molecule has 2 amide bonds. The Kier molecular flexibility index (Phi) is 7.10. The van der Waals surface area contributed by atoms with Crippen LogP contribution in [0.15, 0.2) is 71.0 Å². The van der Waals surface area contributed by atoms with E-state index in [-0.39, 0.29) is 43.1 Å². The summed E-state index contributed by atoms with van der Waals surface area (Å²) in [5, 5.41) is 4.02. The maximum atomic E-state index is 14.9. The molecular formula is C32H29FN4O6S. The third kappa shape index (κ3) is 4.44. The standard InChI is InChI=1S/C32H29FN4O6S/c1-3-42-32(40)34(2)18-43-29-25(38)10-12-36-28(29)31(39)35-13-14-41-17-26(35)37(36)27-20-6-4-5-7-22(20)30-23(11-15-44-30)24-16-19(33)8-9-21(24)27/h4-12,15-16,26-27H,3,13-14,17-18H2,1-2H3/t26-,27?/m1/s1. The maximum absolute atomic E-state index is 14.9. The highest BCUT2D eigenvalue weighted by atomic mass is 32.1. The van der Waals surface area contributed by atoms with Crippen LogP contribution in [0.1, 0.15) is 34.6 Å². The highest BCUT2D eigenvalue weighted by Crippen LogP contribution is 2.50. The van der Waals surface area contributed by atoms with Gasteiger partial charge in [-0.25, -0.2) is 9.18 Å². The lowest BCUT2D eigenvalue weighted by atomic mass is 9.92. The van der Waals surface area contributed by atoms with Gasteiger partial charge in [-0.2, -0.15) is 0 Å². The number of benzene rings is 2. The molecule has 0 spiro atoms. The van der Waals surface area contributed by atoms with E-state index in [9.17, 15) is 18.8 Å². The minimum atomic E-state index is -0.620. The number of morpholine rings is 1. The SMILES string of the molecule is CCOC(=O)N(C)COc1c2n(ccc1=O)N(C1c3ccc(F)cc3-c3ccsc3-c3ccccc31)[C@@H]1COCCN1C2=O. The molecule has 2 aromatic carbocycles. The van der Waals surface area contributed by atoms with Crippen molar-refractivity contribution in [1.82, 2.24) is 14.5 Å². The smallest absolute Gasteiger partial charge is 0.412 e. The fraction of sp³-hybridized carbons (Fsp3) is 0.281. The summed E-state index contributed by atoms with van der Waals surface area (Å²) in [5.41, 5.74) is 4.00. The summed E-state index contributed by atoms with van der Waals surface area (Å²) in [6, 6.07) is 15.6. The molecule has 0 radical (unpaired) electrons. The molecule has 0 N–H and O–H groups in total. The van der Waals surface area contributed by atoms with Gasteiger partial charge in [0.05, 0.1) is 25.9 Å². The number of hydrogen-bond acceptors (Lipinski definition) is 8. The van der Waals surface area contributed by atoms with Crippen LogP contribution in [0, 0.1) is 5.82 Å². The summed E-state index contributed by atoms with van der Waals surface area (Å²) in [7, 11) is 1.48. The van der Waals surface area contributed by atoms with Gasteiger partial charge >= 0.3 is 6.09 Å². The second-order valence-electron chi connectivity index (χ2n) is 10.7. The van der Waals surface area contributed by atoms with Gasteiger partial charge in [-0.05, 0) is 52.8 Å². The summed E-state index contributed by atoms with van der Waals surface area (Å²) in [4.78, 5) is 43.5. The lowest BCUT2D eigenvalue weighted by Gasteiger charge is -2.51. The number of ether oxygens (including phenoxy) is 3. The Balaban J connectivity index is 1.44. The molecule has 2 aliphatic heterocycles. The van der Waals surface area contributed by atoms with Crippen LogP contribution in [0.2, 0.25) is 0 Å². The first-order chi connectivity index (χ1) is 21.4. The molecule has 4 heterocycles. The molecule has 1 unspecified atom stereocenters. The monoisotopic (exact) mass is 616 g/mol. The number of amides is 2. The van der Waals surface area contributed by atoms with E-state index >= 15 is 0 Å². The van der Waals surface area contributed by atoms with Crippen molar-refractivity contribution in [1.29, 1.82) is 0 Å². The first kappa shape index (κ1) is 28.1. The topological polar surface area (TPSA) is 93.5 Å². The largest absolute Gasteiger partial charge is 0.466 e. The average Bonchev–Trinajstić information content (AvgIpc) is 3.49. The minimum absolute atomic E-state index is 0.0352. The Morgan fingerprint density at radius 2 is 1.91 bits per heavy atom. The first-order valence-electron chi connectivity index (χ1n) is 14.3. The van der Waals surface area contributed by atoms with Crippen LogP contribution in [-0.4, -0.2) is 72.8 Å². The van der Waals surface area contributed by atoms with Crippen LogP contribution < -0.4 is 15.2 Å². The molecule has 12 heteroatoms. The molecule has 226 valence electrons. The molecule has 7 rings (SSSR count). The molecular weight excluding hydrogens is 587 g/mol. The van der Waals surface area contributed by atoms with E-state index in [4.69, 9.17) is 14.2 Å². The summed E-state index contributed by atoms with van der Waals surface area (Å²) in [5.74, 6) is -0.919. The van der Waals surface area contributed by atoms with Crippen molar-refractivity contribution in [2.45, 2.75) is 19.1 Å². The van der Waals surface area contributed by atoms with Gasteiger partial charge < -0.3 is 19.1 Å². The minimum Gasteiger partial charge on any atom is -0.466 e. The second kappa shape index (κ2) is 11.1. The van der Waals surface area contributed by atoms with E-state index in [1.807, 2.05) is 34.7 Å². The van der Waals surface area contributed by atoms with Crippen LogP contribution >= 0.6 is 11.3 Å². The third-order valence-corrected chi connectivity index (χ3v) is 9.12. The fourth-order valence-electron chi connectivity index (χ4n) is 6.23. The van der Waals surface area contributed by atoms with Crippen molar-refractivity contribution in [3.8, 4) is 27.3 Å². The summed E-state index contributed by atoms with van der Waals surface area (Å²) in [6.45, 7) is 2.41. The maximum Gasteiger partial charge on any atom is 0.412 e. The van der Waals surface area contributed by atoms with Crippen LogP contribution in [0.3, 0.4) is 0 Å². The second-order valence-corrected chi connectivity index (χ2v) is 11.6. The van der Waals surface area contributed by atoms with E-state index in [1.54, 1.807) is 46.2 Å². The van der Waals surface area contributed by atoms with Crippen molar-refractivity contribution in [2.75, 3.05) is 45.2 Å². The van der Waals surface area contributed by atoms with Crippen LogP contribution in [0.5, 0.6) is 5.75 Å². The van der Waals surface area contributed by atoms with Gasteiger partial charge in [0, 0.05) is 36.3 Å².